The SMILES string of the molecule is CCC#CCSSCC#CCC.CCC=CCSSCC=CCC.CCCSSCCC.CCCSSCCC.CCSSCC.CCSSCCCSSC. The summed E-state index contributed by atoms with van der Waals surface area (Å²) in [6.07, 6.45) is 21.9. The summed E-state index contributed by atoms with van der Waals surface area (Å²) in [7, 11) is 27.0. The molecule has 0 radical (unpaired) electrons. The Morgan fingerprint density at radius 1 is 0.339 bits per heavy atom. The number of hydrogen-bond donors (Lipinski definition) is 0. The maximum absolute atomic E-state index is 3.07. The van der Waals surface area contributed by atoms with Gasteiger partial charge < -0.3 is 0 Å². The van der Waals surface area contributed by atoms with Crippen LogP contribution in [0.4, 0.5) is 0 Å². The van der Waals surface area contributed by atoms with Crippen LogP contribution in [0.3, 0.4) is 0 Å². The van der Waals surface area contributed by atoms with Gasteiger partial charge in [0.2, 0.25) is 0 Å². The minimum Gasteiger partial charge on any atom is -0.103 e. The number of hydrogen-bond acceptors (Lipinski definition) is 14. The first-order chi connectivity index (χ1) is 27.5. The van der Waals surface area contributed by atoms with Crippen molar-refractivity contribution >= 4 is 151 Å². The molecule has 56 heavy (non-hydrogen) atoms. The van der Waals surface area contributed by atoms with Crippen molar-refractivity contribution in [1.29, 1.82) is 0 Å². The fourth-order valence-electron chi connectivity index (χ4n) is 2.28. The van der Waals surface area contributed by atoms with Gasteiger partial charge in [0.1, 0.15) is 0 Å². The highest BCUT2D eigenvalue weighted by atomic mass is 33.1. The molecule has 0 aliphatic heterocycles. The molecule has 0 saturated heterocycles. The molecule has 0 aromatic rings. The number of rotatable bonds is 30. The van der Waals surface area contributed by atoms with Crippen LogP contribution in [0, 0.1) is 23.7 Å². The molecule has 0 atom stereocenters. The van der Waals surface area contributed by atoms with E-state index in [-0.39, 0.29) is 0 Å². The van der Waals surface area contributed by atoms with Gasteiger partial charge in [0.15, 0.2) is 0 Å². The molecule has 0 aliphatic rings. The van der Waals surface area contributed by atoms with Crippen molar-refractivity contribution in [2.45, 2.75) is 134 Å². The normalized spacial score (nSPS) is 9.79. The maximum atomic E-state index is 3.07. The lowest BCUT2D eigenvalue weighted by atomic mass is 10.4. The standard InChI is InChI=1S/C10H18S2.C10H14S2.C6H14S4.2C6H14S2.C4H10S2/c2*1-3-5-7-9-11-12-10-8-6-4-2;1-3-8-10-6-4-5-9-7-2;2*1-3-5-7-8-6-4-2;1-3-5-6-4-2/h5-8H,3-4,9-10H2,1-2H3;3-4,9-10H2,1-2H3;3-6H2,1-2H3;2*3-6H2,1-2H3;3-4H2,1-2H3. The molecule has 0 heterocycles. The first kappa shape index (κ1) is 71.1. The van der Waals surface area contributed by atoms with Crippen LogP contribution >= 0.6 is 151 Å². The highest BCUT2D eigenvalue weighted by Crippen LogP contribution is 2.25. The predicted molar refractivity (Wildman–Crippen MR) is 313 cm³/mol. The molecule has 0 rings (SSSR count). The molecule has 0 aromatic heterocycles. The molecule has 0 saturated carbocycles. The first-order valence-electron chi connectivity index (χ1n) is 20.3. The Kier molecular flexibility index (Phi) is 109. The van der Waals surface area contributed by atoms with Crippen LogP contribution in [-0.2, 0) is 0 Å². The number of allylic oxidation sites excluding steroid dienone is 2. The van der Waals surface area contributed by atoms with Crippen LogP contribution in [0.15, 0.2) is 24.3 Å². The Balaban J connectivity index is -0.000000136. The molecule has 0 aliphatic carbocycles. The van der Waals surface area contributed by atoms with Crippen molar-refractivity contribution in [3.05, 3.63) is 24.3 Å². The fourth-order valence-corrected chi connectivity index (χ4v) is 14.4. The molecule has 336 valence electrons. The smallest absolute Gasteiger partial charge is 0.0651 e. The molecule has 0 spiro atoms. The van der Waals surface area contributed by atoms with Gasteiger partial charge in [0, 0.05) is 76.1 Å². The van der Waals surface area contributed by atoms with Crippen LogP contribution < -0.4 is 0 Å². The summed E-state index contributed by atoms with van der Waals surface area (Å²) in [6, 6.07) is 0. The van der Waals surface area contributed by atoms with Gasteiger partial charge in [0.25, 0.3) is 0 Å². The Morgan fingerprint density at radius 3 is 0.982 bits per heavy atom. The third kappa shape index (κ3) is 107. The summed E-state index contributed by atoms with van der Waals surface area (Å²) in [4.78, 5) is 0. The highest BCUT2D eigenvalue weighted by molar-refractivity contribution is 8.78. The van der Waals surface area contributed by atoms with E-state index in [4.69, 9.17) is 0 Å². The zero-order valence-corrected chi connectivity index (χ0v) is 49.0. The highest BCUT2D eigenvalue weighted by Gasteiger charge is 1.89. The average Bonchev–Trinajstić information content (AvgIpc) is 3.22. The predicted octanol–water partition coefficient (Wildman–Crippen LogP) is 20.1. The van der Waals surface area contributed by atoms with Crippen molar-refractivity contribution in [2.24, 2.45) is 0 Å². The molecule has 0 bridgehead atoms. The van der Waals surface area contributed by atoms with Gasteiger partial charge in [-0.2, -0.15) is 0 Å². The lowest BCUT2D eigenvalue weighted by Crippen LogP contribution is -1.79. The zero-order valence-electron chi connectivity index (χ0n) is 37.6. The minimum absolute atomic E-state index is 0.923. The molecular formula is C42H84S14. The summed E-state index contributed by atoms with van der Waals surface area (Å²) in [5, 5.41) is 0. The van der Waals surface area contributed by atoms with Gasteiger partial charge in [0.05, 0.1) is 11.5 Å². The summed E-state index contributed by atoms with van der Waals surface area (Å²) < 4.78 is 0. The second-order valence-corrected chi connectivity index (χ2v) is 29.0. The van der Waals surface area contributed by atoms with Crippen LogP contribution in [-0.4, -0.2) is 81.0 Å². The zero-order chi connectivity index (χ0) is 43.1. The molecule has 14 heteroatoms. The van der Waals surface area contributed by atoms with Crippen LogP contribution in [0.25, 0.3) is 0 Å². The Hall–Kier alpha value is 3.50. The minimum atomic E-state index is 0.923. The van der Waals surface area contributed by atoms with Crippen molar-refractivity contribution in [1.82, 2.24) is 0 Å². The van der Waals surface area contributed by atoms with Crippen molar-refractivity contribution in [2.75, 3.05) is 81.0 Å². The lowest BCUT2D eigenvalue weighted by molar-refractivity contribution is 1.11. The third-order valence-corrected chi connectivity index (χ3v) is 21.3. The summed E-state index contributed by atoms with van der Waals surface area (Å²) in [6.45, 7) is 23.9. The summed E-state index contributed by atoms with van der Waals surface area (Å²) in [5.74, 6) is 27.9. The molecule has 0 aromatic carbocycles. The van der Waals surface area contributed by atoms with Crippen molar-refractivity contribution in [3.63, 3.8) is 0 Å². The lowest BCUT2D eigenvalue weighted by Gasteiger charge is -1.96. The molecule has 0 nitrogen and oxygen atoms in total. The van der Waals surface area contributed by atoms with E-state index in [9.17, 15) is 0 Å². The molecule has 0 N–H and O–H groups in total. The van der Waals surface area contributed by atoms with Crippen LogP contribution in [0.1, 0.15) is 134 Å². The van der Waals surface area contributed by atoms with Gasteiger partial charge in [-0.05, 0) is 51.2 Å². The van der Waals surface area contributed by atoms with Gasteiger partial charge in [-0.1, -0.05) is 263 Å². The third-order valence-electron chi connectivity index (χ3n) is 4.58. The quantitative estimate of drug-likeness (QED) is 0.0290. The van der Waals surface area contributed by atoms with Crippen LogP contribution in [0.2, 0.25) is 0 Å². The van der Waals surface area contributed by atoms with E-state index in [1.165, 1.54) is 83.9 Å². The molecular weight excluding hydrogens is 953 g/mol. The second-order valence-electron chi connectivity index (χ2n) is 9.94. The van der Waals surface area contributed by atoms with E-state index >= 15 is 0 Å². The average molecular weight is 1040 g/mol. The van der Waals surface area contributed by atoms with Crippen LogP contribution in [0.5, 0.6) is 0 Å². The second kappa shape index (κ2) is 85.7. The van der Waals surface area contributed by atoms with Gasteiger partial charge in [-0.3, -0.25) is 0 Å². The fraction of sp³-hybridized carbons (Fsp3) is 0.810. The van der Waals surface area contributed by atoms with Gasteiger partial charge in [-0.15, -0.1) is 11.8 Å². The van der Waals surface area contributed by atoms with E-state index in [1.54, 1.807) is 21.6 Å². The Morgan fingerprint density at radius 2 is 0.679 bits per heavy atom. The van der Waals surface area contributed by atoms with E-state index in [1.807, 2.05) is 130 Å². The molecule has 0 fully saturated rings. The van der Waals surface area contributed by atoms with E-state index in [0.717, 1.165) is 48.7 Å². The van der Waals surface area contributed by atoms with E-state index in [0.29, 0.717) is 0 Å². The van der Waals surface area contributed by atoms with Gasteiger partial charge >= 0.3 is 0 Å². The van der Waals surface area contributed by atoms with E-state index < -0.39 is 0 Å². The molecule has 0 amide bonds. The topological polar surface area (TPSA) is 0 Å². The monoisotopic (exact) mass is 1040 g/mol. The van der Waals surface area contributed by atoms with Crippen molar-refractivity contribution < 1.29 is 0 Å². The van der Waals surface area contributed by atoms with Gasteiger partial charge in [-0.25, -0.2) is 0 Å². The largest absolute Gasteiger partial charge is 0.103 e. The van der Waals surface area contributed by atoms with Crippen molar-refractivity contribution in [3.8, 4) is 23.7 Å². The summed E-state index contributed by atoms with van der Waals surface area (Å²) in [5.41, 5.74) is 0. The maximum Gasteiger partial charge on any atom is 0.0651 e. The Labute approximate surface area is 409 Å². The Bertz CT molecular complexity index is 701. The van der Waals surface area contributed by atoms with E-state index in [2.05, 4.69) is 130 Å². The first-order valence-corrected chi connectivity index (χ1v) is 38.0. The summed E-state index contributed by atoms with van der Waals surface area (Å²) >= 11 is 0. The molecule has 0 unspecified atom stereocenters.